The molecule has 1 rings (SSSR count). The molecule has 0 radical (unpaired) electrons. The topological polar surface area (TPSA) is 59.4 Å². The van der Waals surface area contributed by atoms with Gasteiger partial charge in [0.05, 0.1) is 11.4 Å². The van der Waals surface area contributed by atoms with Gasteiger partial charge in [-0.2, -0.15) is 0 Å². The molecule has 4 nitrogen and oxygen atoms in total. The van der Waals surface area contributed by atoms with Gasteiger partial charge in [-0.3, -0.25) is 4.79 Å². The average Bonchev–Trinajstić information content (AvgIpc) is 2.63. The van der Waals surface area contributed by atoms with Crippen molar-refractivity contribution < 1.29 is 14.6 Å². The lowest BCUT2D eigenvalue weighted by Crippen LogP contribution is -1.95. The average molecular weight is 229 g/mol. The number of rotatable bonds is 7. The second-order valence-electron chi connectivity index (χ2n) is 3.21. The summed E-state index contributed by atoms with van der Waals surface area (Å²) in [6.45, 7) is 0.740. The van der Waals surface area contributed by atoms with Crippen LogP contribution in [-0.4, -0.2) is 29.8 Å². The van der Waals surface area contributed by atoms with E-state index >= 15 is 0 Å². The molecular formula is C10H15NO3S. The number of aromatic nitrogens is 1. The van der Waals surface area contributed by atoms with E-state index in [4.69, 9.17) is 9.84 Å². The molecule has 5 heteroatoms. The highest BCUT2D eigenvalue weighted by molar-refractivity contribution is 7.11. The summed E-state index contributed by atoms with van der Waals surface area (Å²) in [4.78, 5) is 15.6. The Kier molecular flexibility index (Phi) is 5.28. The lowest BCUT2D eigenvalue weighted by atomic mass is 10.3. The molecule has 1 aromatic rings. The Morgan fingerprint density at radius 1 is 1.60 bits per heavy atom. The standard InChI is InChI=1S/C10H15NO3S/c1-14-6-2-3-9-11-7-8(15-9)4-5-10(12)13/h7H,2-6H2,1H3,(H,12,13). The Balaban J connectivity index is 2.32. The number of carbonyl (C=O) groups is 1. The van der Waals surface area contributed by atoms with Crippen LogP contribution in [0.4, 0.5) is 0 Å². The minimum atomic E-state index is -0.760. The fraction of sp³-hybridized carbons (Fsp3) is 0.600. The van der Waals surface area contributed by atoms with Gasteiger partial charge in [-0.25, -0.2) is 4.98 Å². The highest BCUT2D eigenvalue weighted by Gasteiger charge is 2.04. The van der Waals surface area contributed by atoms with E-state index in [-0.39, 0.29) is 6.42 Å². The van der Waals surface area contributed by atoms with Crippen LogP contribution in [0.5, 0.6) is 0 Å². The number of thiazole rings is 1. The van der Waals surface area contributed by atoms with Gasteiger partial charge in [-0.05, 0) is 12.8 Å². The van der Waals surface area contributed by atoms with Crippen LogP contribution < -0.4 is 0 Å². The number of carboxylic acid groups (broad SMARTS) is 1. The molecule has 0 saturated heterocycles. The van der Waals surface area contributed by atoms with Crippen LogP contribution in [0.1, 0.15) is 22.7 Å². The van der Waals surface area contributed by atoms with Crippen molar-refractivity contribution >= 4 is 17.3 Å². The first kappa shape index (κ1) is 12.1. The third-order valence-corrected chi connectivity index (χ3v) is 3.04. The molecule has 0 aromatic carbocycles. The quantitative estimate of drug-likeness (QED) is 0.723. The van der Waals surface area contributed by atoms with E-state index in [1.165, 1.54) is 0 Å². The summed E-state index contributed by atoms with van der Waals surface area (Å²) >= 11 is 1.60. The van der Waals surface area contributed by atoms with Crippen molar-refractivity contribution in [3.05, 3.63) is 16.1 Å². The summed E-state index contributed by atoms with van der Waals surface area (Å²) in [5.41, 5.74) is 0. The maximum Gasteiger partial charge on any atom is 0.303 e. The van der Waals surface area contributed by atoms with E-state index in [9.17, 15) is 4.79 Å². The number of ether oxygens (including phenoxy) is 1. The smallest absolute Gasteiger partial charge is 0.303 e. The molecule has 0 amide bonds. The molecule has 0 aliphatic rings. The first-order valence-electron chi connectivity index (χ1n) is 4.86. The van der Waals surface area contributed by atoms with Crippen molar-refractivity contribution in [3.63, 3.8) is 0 Å². The van der Waals surface area contributed by atoms with Gasteiger partial charge in [0.15, 0.2) is 0 Å². The molecule has 0 saturated carbocycles. The predicted octanol–water partition coefficient (Wildman–Crippen LogP) is 1.74. The molecule has 0 spiro atoms. The minimum Gasteiger partial charge on any atom is -0.481 e. The summed E-state index contributed by atoms with van der Waals surface area (Å²) < 4.78 is 4.95. The fourth-order valence-electron chi connectivity index (χ4n) is 1.18. The molecule has 1 N–H and O–H groups in total. The number of aliphatic carboxylic acids is 1. The van der Waals surface area contributed by atoms with E-state index in [1.54, 1.807) is 24.6 Å². The summed E-state index contributed by atoms with van der Waals surface area (Å²) in [6, 6.07) is 0. The van der Waals surface area contributed by atoms with Crippen LogP contribution >= 0.6 is 11.3 Å². The van der Waals surface area contributed by atoms with Crippen LogP contribution in [0.25, 0.3) is 0 Å². The van der Waals surface area contributed by atoms with Crippen molar-refractivity contribution in [3.8, 4) is 0 Å². The van der Waals surface area contributed by atoms with E-state index in [1.807, 2.05) is 0 Å². The molecule has 0 bridgehead atoms. The highest BCUT2D eigenvalue weighted by atomic mass is 32.1. The molecule has 15 heavy (non-hydrogen) atoms. The van der Waals surface area contributed by atoms with Gasteiger partial charge in [0, 0.05) is 31.2 Å². The van der Waals surface area contributed by atoms with Gasteiger partial charge in [-0.15, -0.1) is 11.3 Å². The highest BCUT2D eigenvalue weighted by Crippen LogP contribution is 2.16. The van der Waals surface area contributed by atoms with Crippen molar-refractivity contribution in [2.75, 3.05) is 13.7 Å². The summed E-state index contributed by atoms with van der Waals surface area (Å²) in [7, 11) is 1.68. The van der Waals surface area contributed by atoms with E-state index in [2.05, 4.69) is 4.98 Å². The number of aryl methyl sites for hydroxylation is 2. The zero-order chi connectivity index (χ0) is 11.1. The zero-order valence-corrected chi connectivity index (χ0v) is 9.55. The fourth-order valence-corrected chi connectivity index (χ4v) is 2.14. The lowest BCUT2D eigenvalue weighted by molar-refractivity contribution is -0.136. The molecule has 84 valence electrons. The monoisotopic (exact) mass is 229 g/mol. The maximum absolute atomic E-state index is 10.4. The molecule has 0 aliphatic heterocycles. The van der Waals surface area contributed by atoms with Gasteiger partial charge in [0.2, 0.25) is 0 Å². The first-order chi connectivity index (χ1) is 7.22. The van der Waals surface area contributed by atoms with Crippen molar-refractivity contribution in [1.29, 1.82) is 0 Å². The van der Waals surface area contributed by atoms with Gasteiger partial charge >= 0.3 is 5.97 Å². The van der Waals surface area contributed by atoms with Crippen molar-refractivity contribution in [2.45, 2.75) is 25.7 Å². The number of methoxy groups -OCH3 is 1. The number of hydrogen-bond donors (Lipinski definition) is 1. The van der Waals surface area contributed by atoms with Gasteiger partial charge in [0.25, 0.3) is 0 Å². The van der Waals surface area contributed by atoms with Crippen LogP contribution in [0, 0.1) is 0 Å². The molecule has 0 unspecified atom stereocenters. The largest absolute Gasteiger partial charge is 0.481 e. The van der Waals surface area contributed by atoms with Crippen LogP contribution in [0.3, 0.4) is 0 Å². The number of hydrogen-bond acceptors (Lipinski definition) is 4. The van der Waals surface area contributed by atoms with Gasteiger partial charge in [0.1, 0.15) is 0 Å². The van der Waals surface area contributed by atoms with Crippen LogP contribution in [0.2, 0.25) is 0 Å². The number of carboxylic acids is 1. The normalized spacial score (nSPS) is 10.5. The van der Waals surface area contributed by atoms with Crippen molar-refractivity contribution in [1.82, 2.24) is 4.98 Å². The van der Waals surface area contributed by atoms with E-state index in [0.29, 0.717) is 6.42 Å². The molecule has 1 heterocycles. The van der Waals surface area contributed by atoms with E-state index in [0.717, 1.165) is 29.3 Å². The van der Waals surface area contributed by atoms with Crippen LogP contribution in [-0.2, 0) is 22.4 Å². The predicted molar refractivity (Wildman–Crippen MR) is 58.3 cm³/mol. The maximum atomic E-state index is 10.4. The Hall–Kier alpha value is -0.940. The second kappa shape index (κ2) is 6.53. The Morgan fingerprint density at radius 3 is 3.07 bits per heavy atom. The van der Waals surface area contributed by atoms with Gasteiger partial charge < -0.3 is 9.84 Å². The minimum absolute atomic E-state index is 0.180. The molecular weight excluding hydrogens is 214 g/mol. The third-order valence-electron chi connectivity index (χ3n) is 1.93. The SMILES string of the molecule is COCCCc1ncc(CCC(=O)O)s1. The second-order valence-corrected chi connectivity index (χ2v) is 4.41. The summed E-state index contributed by atoms with van der Waals surface area (Å²) in [5.74, 6) is -0.760. The zero-order valence-electron chi connectivity index (χ0n) is 8.73. The lowest BCUT2D eigenvalue weighted by Gasteiger charge is -1.95. The Morgan fingerprint density at radius 2 is 2.40 bits per heavy atom. The molecule has 0 fully saturated rings. The van der Waals surface area contributed by atoms with E-state index < -0.39 is 5.97 Å². The van der Waals surface area contributed by atoms with Crippen molar-refractivity contribution in [2.24, 2.45) is 0 Å². The Bertz CT molecular complexity index is 311. The number of nitrogens with zero attached hydrogens (tertiary/aromatic N) is 1. The first-order valence-corrected chi connectivity index (χ1v) is 5.68. The Labute approximate surface area is 92.9 Å². The summed E-state index contributed by atoms with van der Waals surface area (Å²) in [6.07, 6.45) is 4.40. The summed E-state index contributed by atoms with van der Waals surface area (Å²) in [5, 5.41) is 9.59. The van der Waals surface area contributed by atoms with Gasteiger partial charge in [-0.1, -0.05) is 0 Å². The van der Waals surface area contributed by atoms with Crippen LogP contribution in [0.15, 0.2) is 6.20 Å². The molecule has 0 aliphatic carbocycles. The molecule has 0 atom stereocenters. The third kappa shape index (κ3) is 4.90. The molecule has 1 aromatic heterocycles.